The number of unbranched alkanes of at least 4 members (excludes halogenated alkanes) is 3. The maximum absolute atomic E-state index is 12.4. The molecule has 1 fully saturated rings. The lowest BCUT2D eigenvalue weighted by atomic mass is 9.89. The number of aliphatic hydroxyl groups is 2. The molecule has 2 rings (SSSR count). The normalized spacial score (nSPS) is 23.5. The first-order valence-corrected chi connectivity index (χ1v) is 11.2. The van der Waals surface area contributed by atoms with Crippen LogP contribution in [-0.2, 0) is 9.59 Å². The molecule has 0 radical (unpaired) electrons. The number of carbonyl (C=O) groups is 2. The highest BCUT2D eigenvalue weighted by atomic mass is 32.1. The molecule has 1 aromatic rings. The molecular formula is C22H32O5S. The van der Waals surface area contributed by atoms with E-state index in [0.717, 1.165) is 36.1 Å². The predicted octanol–water partition coefficient (Wildman–Crippen LogP) is 4.60. The van der Waals surface area contributed by atoms with Crippen molar-refractivity contribution < 1.29 is 24.9 Å². The standard InChI is InChI=1S/C22H32O5S/c1-2-3-6-10-17(23)15-12-20(28-14-15)22-16(18(24)13-19(22)25)9-7-4-5-8-11-21(26)27/h4,7,12,14,16-17,19,22-23,25H,2-3,5-6,8-11,13H2,1H3,(H,26,27)/t16?,17?,19-,22?/m1/s1. The molecule has 3 unspecified atom stereocenters. The van der Waals surface area contributed by atoms with E-state index in [1.165, 1.54) is 11.3 Å². The Morgan fingerprint density at radius 3 is 2.82 bits per heavy atom. The smallest absolute Gasteiger partial charge is 0.303 e. The molecule has 28 heavy (non-hydrogen) atoms. The van der Waals surface area contributed by atoms with Crippen LogP contribution in [0.5, 0.6) is 0 Å². The number of allylic oxidation sites excluding steroid dienone is 2. The molecule has 0 bridgehead atoms. The molecule has 0 amide bonds. The van der Waals surface area contributed by atoms with E-state index in [9.17, 15) is 19.8 Å². The van der Waals surface area contributed by atoms with E-state index in [1.807, 2.05) is 23.6 Å². The van der Waals surface area contributed by atoms with Crippen LogP contribution in [0, 0.1) is 5.92 Å². The molecule has 0 aliphatic heterocycles. The van der Waals surface area contributed by atoms with Gasteiger partial charge >= 0.3 is 5.97 Å². The van der Waals surface area contributed by atoms with Crippen molar-refractivity contribution in [3.8, 4) is 0 Å². The van der Waals surface area contributed by atoms with Gasteiger partial charge in [0.05, 0.1) is 12.2 Å². The fourth-order valence-corrected chi connectivity index (χ4v) is 5.00. The third kappa shape index (κ3) is 6.54. The zero-order valence-electron chi connectivity index (χ0n) is 16.5. The molecule has 0 aromatic carbocycles. The van der Waals surface area contributed by atoms with Crippen molar-refractivity contribution >= 4 is 23.1 Å². The number of ketones is 1. The summed E-state index contributed by atoms with van der Waals surface area (Å²) >= 11 is 1.51. The van der Waals surface area contributed by atoms with Crippen LogP contribution in [0.3, 0.4) is 0 Å². The zero-order chi connectivity index (χ0) is 20.5. The molecule has 3 N–H and O–H groups in total. The number of carbonyl (C=O) groups excluding carboxylic acids is 1. The van der Waals surface area contributed by atoms with E-state index >= 15 is 0 Å². The van der Waals surface area contributed by atoms with E-state index < -0.39 is 18.2 Å². The lowest BCUT2D eigenvalue weighted by Gasteiger charge is -2.18. The first kappa shape index (κ1) is 22.8. The van der Waals surface area contributed by atoms with E-state index in [1.54, 1.807) is 0 Å². The van der Waals surface area contributed by atoms with Crippen LogP contribution >= 0.6 is 11.3 Å². The summed E-state index contributed by atoms with van der Waals surface area (Å²) < 4.78 is 0. The van der Waals surface area contributed by atoms with Crippen LogP contribution in [-0.4, -0.2) is 33.2 Å². The summed E-state index contributed by atoms with van der Waals surface area (Å²) in [6.45, 7) is 2.13. The van der Waals surface area contributed by atoms with Gasteiger partial charge in [-0.3, -0.25) is 9.59 Å². The summed E-state index contributed by atoms with van der Waals surface area (Å²) in [6, 6.07) is 1.96. The van der Waals surface area contributed by atoms with E-state index in [-0.39, 0.29) is 30.5 Å². The average Bonchev–Trinajstić information content (AvgIpc) is 3.22. The molecule has 6 heteroatoms. The van der Waals surface area contributed by atoms with Crippen molar-refractivity contribution in [2.75, 3.05) is 0 Å². The third-order valence-corrected chi connectivity index (χ3v) is 6.48. The quantitative estimate of drug-likeness (QED) is 0.347. The van der Waals surface area contributed by atoms with Crippen LogP contribution in [0.4, 0.5) is 0 Å². The molecule has 1 aliphatic carbocycles. The van der Waals surface area contributed by atoms with Crippen molar-refractivity contribution in [1.82, 2.24) is 0 Å². The minimum Gasteiger partial charge on any atom is -0.481 e. The van der Waals surface area contributed by atoms with Crippen LogP contribution in [0.25, 0.3) is 0 Å². The van der Waals surface area contributed by atoms with Gasteiger partial charge in [-0.15, -0.1) is 11.3 Å². The second kappa shape index (κ2) is 11.5. The van der Waals surface area contributed by atoms with Gasteiger partial charge in [-0.2, -0.15) is 0 Å². The summed E-state index contributed by atoms with van der Waals surface area (Å²) in [5.74, 6) is -1.20. The summed E-state index contributed by atoms with van der Waals surface area (Å²) in [7, 11) is 0. The van der Waals surface area contributed by atoms with Crippen molar-refractivity contribution in [3.63, 3.8) is 0 Å². The minimum absolute atomic E-state index is 0.0751. The number of rotatable bonds is 12. The highest BCUT2D eigenvalue weighted by Crippen LogP contribution is 2.43. The maximum Gasteiger partial charge on any atom is 0.303 e. The molecule has 5 nitrogen and oxygen atoms in total. The average molecular weight is 409 g/mol. The summed E-state index contributed by atoms with van der Waals surface area (Å²) in [6.07, 6.45) is 8.77. The topological polar surface area (TPSA) is 94.8 Å². The number of aliphatic hydroxyl groups excluding tert-OH is 2. The van der Waals surface area contributed by atoms with Crippen LogP contribution < -0.4 is 0 Å². The van der Waals surface area contributed by atoms with Crippen LogP contribution in [0.15, 0.2) is 23.6 Å². The first-order chi connectivity index (χ1) is 13.4. The SMILES string of the molecule is CCCCCC(O)c1csc(C2C(CC=CCCCC(=O)O)C(=O)C[C@H]2O)c1. The number of hydrogen-bond acceptors (Lipinski definition) is 5. The number of hydrogen-bond donors (Lipinski definition) is 3. The highest BCUT2D eigenvalue weighted by Gasteiger charge is 2.42. The second-order valence-electron chi connectivity index (χ2n) is 7.66. The molecule has 4 atom stereocenters. The Bertz CT molecular complexity index is 666. The summed E-state index contributed by atoms with van der Waals surface area (Å²) in [4.78, 5) is 23.9. The molecule has 1 aromatic heterocycles. The van der Waals surface area contributed by atoms with Gasteiger partial charge in [0.25, 0.3) is 0 Å². The van der Waals surface area contributed by atoms with Gasteiger partial charge in [-0.25, -0.2) is 0 Å². The van der Waals surface area contributed by atoms with E-state index in [2.05, 4.69) is 6.92 Å². The van der Waals surface area contributed by atoms with Gasteiger partial charge in [-0.1, -0.05) is 38.3 Å². The Hall–Kier alpha value is -1.50. The van der Waals surface area contributed by atoms with Gasteiger partial charge < -0.3 is 15.3 Å². The summed E-state index contributed by atoms with van der Waals surface area (Å²) in [5.41, 5.74) is 0.880. The number of thiophene rings is 1. The van der Waals surface area contributed by atoms with Gasteiger partial charge in [0, 0.05) is 29.6 Å². The Morgan fingerprint density at radius 2 is 2.11 bits per heavy atom. The molecule has 0 saturated heterocycles. The third-order valence-electron chi connectivity index (χ3n) is 5.42. The molecule has 1 heterocycles. The predicted molar refractivity (Wildman–Crippen MR) is 111 cm³/mol. The monoisotopic (exact) mass is 408 g/mol. The Labute approximate surface area is 171 Å². The van der Waals surface area contributed by atoms with Gasteiger partial charge in [0.15, 0.2) is 0 Å². The number of aliphatic carboxylic acids is 1. The number of carboxylic acids is 1. The van der Waals surface area contributed by atoms with Gasteiger partial charge in [-0.05, 0) is 42.7 Å². The number of Topliss-reactive ketones (excluding diaryl/α,β-unsaturated/α-hetero) is 1. The van der Waals surface area contributed by atoms with Crippen molar-refractivity contribution in [1.29, 1.82) is 0 Å². The molecule has 156 valence electrons. The van der Waals surface area contributed by atoms with Crippen LogP contribution in [0.2, 0.25) is 0 Å². The van der Waals surface area contributed by atoms with Crippen molar-refractivity contribution in [3.05, 3.63) is 34.0 Å². The largest absolute Gasteiger partial charge is 0.481 e. The van der Waals surface area contributed by atoms with Crippen LogP contribution in [0.1, 0.15) is 87.2 Å². The maximum atomic E-state index is 12.4. The second-order valence-corrected chi connectivity index (χ2v) is 8.60. The minimum atomic E-state index is -0.798. The first-order valence-electron chi connectivity index (χ1n) is 10.3. The van der Waals surface area contributed by atoms with Gasteiger partial charge in [0.1, 0.15) is 5.78 Å². The zero-order valence-corrected chi connectivity index (χ0v) is 17.4. The van der Waals surface area contributed by atoms with E-state index in [4.69, 9.17) is 5.11 Å². The summed E-state index contributed by atoms with van der Waals surface area (Å²) in [5, 5.41) is 31.4. The molecule has 1 aliphatic rings. The van der Waals surface area contributed by atoms with Gasteiger partial charge in [0.2, 0.25) is 0 Å². The fraction of sp³-hybridized carbons (Fsp3) is 0.636. The lowest BCUT2D eigenvalue weighted by molar-refractivity contribution is -0.137. The van der Waals surface area contributed by atoms with Crippen molar-refractivity contribution in [2.24, 2.45) is 5.92 Å². The lowest BCUT2D eigenvalue weighted by Crippen LogP contribution is -2.17. The number of carboxylic acid groups (broad SMARTS) is 1. The Kier molecular flexibility index (Phi) is 9.35. The Balaban J connectivity index is 1.97. The highest BCUT2D eigenvalue weighted by molar-refractivity contribution is 7.10. The molecule has 0 spiro atoms. The van der Waals surface area contributed by atoms with Crippen molar-refractivity contribution in [2.45, 2.75) is 82.8 Å². The molecule has 1 saturated carbocycles. The Morgan fingerprint density at radius 1 is 1.32 bits per heavy atom. The fourth-order valence-electron chi connectivity index (χ4n) is 3.82. The molecular weight excluding hydrogens is 376 g/mol. The van der Waals surface area contributed by atoms with E-state index in [0.29, 0.717) is 19.3 Å².